The molecule has 2 rings (SSSR count). The number of ketones is 1. The lowest BCUT2D eigenvalue weighted by Gasteiger charge is -2.17. The van der Waals surface area contributed by atoms with Gasteiger partial charge in [0.25, 0.3) is 0 Å². The van der Waals surface area contributed by atoms with Crippen LogP contribution in [0.25, 0.3) is 0 Å². The van der Waals surface area contributed by atoms with Gasteiger partial charge in [0.2, 0.25) is 0 Å². The van der Waals surface area contributed by atoms with Crippen molar-refractivity contribution in [2.45, 2.75) is 19.8 Å². The third-order valence-electron chi connectivity index (χ3n) is 2.48. The predicted octanol–water partition coefficient (Wildman–Crippen LogP) is 1.37. The van der Waals surface area contributed by atoms with Crippen molar-refractivity contribution in [3.8, 4) is 0 Å². The molecule has 0 amide bonds. The molecule has 0 aromatic heterocycles. The van der Waals surface area contributed by atoms with Gasteiger partial charge in [0.05, 0.1) is 6.54 Å². The maximum Gasteiger partial charge on any atom is 0.167 e. The van der Waals surface area contributed by atoms with Gasteiger partial charge in [0.1, 0.15) is 0 Å². The summed E-state index contributed by atoms with van der Waals surface area (Å²) >= 11 is 0. The van der Waals surface area contributed by atoms with E-state index in [1.807, 2.05) is 6.92 Å². The van der Waals surface area contributed by atoms with Crippen LogP contribution in [0.4, 0.5) is 0 Å². The molecule has 2 aliphatic rings. The average molecular weight is 149 g/mol. The highest BCUT2D eigenvalue weighted by Gasteiger charge is 2.26. The van der Waals surface area contributed by atoms with Gasteiger partial charge in [-0.1, -0.05) is 6.92 Å². The highest BCUT2D eigenvalue weighted by Crippen LogP contribution is 2.27. The van der Waals surface area contributed by atoms with Gasteiger partial charge < -0.3 is 0 Å². The number of Topliss-reactive ketones (excluding diaryl/α,β-unsaturated/α-hetero) is 1. The fourth-order valence-corrected chi connectivity index (χ4v) is 1.66. The van der Waals surface area contributed by atoms with Crippen molar-refractivity contribution in [2.24, 2.45) is 10.9 Å². The summed E-state index contributed by atoms with van der Waals surface area (Å²) in [5.74, 6) is 0.519. The fraction of sp³-hybridized carbons (Fsp3) is 0.556. The molecular formula is C9H11NO. The minimum atomic E-state index is 0.221. The van der Waals surface area contributed by atoms with Crippen LogP contribution in [0.5, 0.6) is 0 Å². The van der Waals surface area contributed by atoms with Crippen molar-refractivity contribution in [1.29, 1.82) is 0 Å². The molecule has 11 heavy (non-hydrogen) atoms. The molecule has 1 heterocycles. The van der Waals surface area contributed by atoms with Crippen LogP contribution in [-0.2, 0) is 4.79 Å². The molecule has 58 valence electrons. The van der Waals surface area contributed by atoms with Crippen LogP contribution in [0, 0.1) is 5.92 Å². The highest BCUT2D eigenvalue weighted by atomic mass is 16.1. The summed E-state index contributed by atoms with van der Waals surface area (Å²) in [7, 11) is 0. The number of carbonyl (C=O) groups excluding carboxylic acids is 1. The third-order valence-corrected chi connectivity index (χ3v) is 2.48. The summed E-state index contributed by atoms with van der Waals surface area (Å²) < 4.78 is 0. The van der Waals surface area contributed by atoms with Crippen LogP contribution in [0.3, 0.4) is 0 Å². The number of nitrogens with zero attached hydrogens (tertiary/aromatic N) is 1. The lowest BCUT2D eigenvalue weighted by Crippen LogP contribution is -2.19. The normalized spacial score (nSPS) is 29.5. The summed E-state index contributed by atoms with van der Waals surface area (Å²) in [6, 6.07) is 0. The van der Waals surface area contributed by atoms with Crippen molar-refractivity contribution in [2.75, 3.05) is 6.54 Å². The van der Waals surface area contributed by atoms with Crippen LogP contribution >= 0.6 is 0 Å². The molecule has 1 aliphatic carbocycles. The van der Waals surface area contributed by atoms with E-state index in [1.54, 1.807) is 6.21 Å². The third kappa shape index (κ3) is 0.934. The van der Waals surface area contributed by atoms with E-state index in [1.165, 1.54) is 5.57 Å². The Morgan fingerprint density at radius 3 is 3.27 bits per heavy atom. The van der Waals surface area contributed by atoms with Crippen LogP contribution < -0.4 is 0 Å². The van der Waals surface area contributed by atoms with Gasteiger partial charge in [0.15, 0.2) is 5.78 Å². The van der Waals surface area contributed by atoms with Gasteiger partial charge >= 0.3 is 0 Å². The molecular weight excluding hydrogens is 138 g/mol. The first-order valence-electron chi connectivity index (χ1n) is 4.05. The second-order valence-corrected chi connectivity index (χ2v) is 3.29. The van der Waals surface area contributed by atoms with E-state index in [0.29, 0.717) is 5.78 Å². The van der Waals surface area contributed by atoms with Crippen LogP contribution in [0.15, 0.2) is 16.1 Å². The molecule has 0 spiro atoms. The molecule has 0 saturated carbocycles. The van der Waals surface area contributed by atoms with E-state index >= 15 is 0 Å². The van der Waals surface area contributed by atoms with E-state index in [4.69, 9.17) is 0 Å². The Hall–Kier alpha value is -0.920. The summed E-state index contributed by atoms with van der Waals surface area (Å²) in [5.41, 5.74) is 2.16. The Kier molecular flexibility index (Phi) is 1.41. The molecule has 2 heteroatoms. The number of rotatable bonds is 0. The zero-order chi connectivity index (χ0) is 7.84. The number of hydrogen-bond donors (Lipinski definition) is 0. The zero-order valence-electron chi connectivity index (χ0n) is 6.63. The number of allylic oxidation sites excluding steroid dienone is 1. The molecule has 1 unspecified atom stereocenters. The predicted molar refractivity (Wildman–Crippen MR) is 43.8 cm³/mol. The molecule has 0 aromatic rings. The quantitative estimate of drug-likeness (QED) is 0.511. The molecule has 0 bridgehead atoms. The first kappa shape index (κ1) is 6.77. The Labute approximate surface area is 66.0 Å². The molecule has 2 nitrogen and oxygen atoms in total. The highest BCUT2D eigenvalue weighted by molar-refractivity contribution is 6.16. The van der Waals surface area contributed by atoms with Gasteiger partial charge in [-0.05, 0) is 18.4 Å². The Bertz CT molecular complexity index is 263. The molecule has 1 atom stereocenters. The van der Waals surface area contributed by atoms with E-state index < -0.39 is 0 Å². The largest absolute Gasteiger partial charge is 0.294 e. The Morgan fingerprint density at radius 1 is 1.64 bits per heavy atom. The SMILES string of the molecule is CC1CCC2=C(C=NC2)C1=O. The molecule has 0 N–H and O–H groups in total. The van der Waals surface area contributed by atoms with E-state index in [2.05, 4.69) is 4.99 Å². The van der Waals surface area contributed by atoms with Crippen molar-refractivity contribution in [3.05, 3.63) is 11.1 Å². The van der Waals surface area contributed by atoms with Gasteiger partial charge in [0, 0.05) is 17.7 Å². The van der Waals surface area contributed by atoms with E-state index in [9.17, 15) is 4.79 Å². The number of hydrogen-bond acceptors (Lipinski definition) is 2. The van der Waals surface area contributed by atoms with Crippen LogP contribution in [0.1, 0.15) is 19.8 Å². The monoisotopic (exact) mass is 149 g/mol. The lowest BCUT2D eigenvalue weighted by molar-refractivity contribution is -0.118. The van der Waals surface area contributed by atoms with Crippen LogP contribution in [0.2, 0.25) is 0 Å². The van der Waals surface area contributed by atoms with Crippen LogP contribution in [-0.4, -0.2) is 18.5 Å². The lowest BCUT2D eigenvalue weighted by atomic mass is 9.85. The smallest absolute Gasteiger partial charge is 0.167 e. The average Bonchev–Trinajstić information content (AvgIpc) is 2.45. The first-order chi connectivity index (χ1) is 5.29. The number of carbonyl (C=O) groups is 1. The fourth-order valence-electron chi connectivity index (χ4n) is 1.66. The minimum absolute atomic E-state index is 0.221. The van der Waals surface area contributed by atoms with Gasteiger partial charge in [-0.3, -0.25) is 9.79 Å². The maximum atomic E-state index is 11.5. The molecule has 0 radical (unpaired) electrons. The second kappa shape index (κ2) is 2.29. The van der Waals surface area contributed by atoms with E-state index in [0.717, 1.165) is 25.0 Å². The van der Waals surface area contributed by atoms with Crippen molar-refractivity contribution in [3.63, 3.8) is 0 Å². The minimum Gasteiger partial charge on any atom is -0.294 e. The summed E-state index contributed by atoms with van der Waals surface area (Å²) in [6.07, 6.45) is 3.83. The Morgan fingerprint density at radius 2 is 2.45 bits per heavy atom. The maximum absolute atomic E-state index is 11.5. The number of aliphatic imine (C=N–C) groups is 1. The molecule has 0 fully saturated rings. The standard InChI is InChI=1S/C9H11NO/c1-6-2-3-7-4-10-5-8(7)9(6)11/h5-6H,2-4H2,1H3. The summed E-state index contributed by atoms with van der Waals surface area (Å²) in [4.78, 5) is 15.6. The second-order valence-electron chi connectivity index (χ2n) is 3.29. The summed E-state index contributed by atoms with van der Waals surface area (Å²) in [6.45, 7) is 2.77. The van der Waals surface area contributed by atoms with E-state index in [-0.39, 0.29) is 5.92 Å². The van der Waals surface area contributed by atoms with Gasteiger partial charge in [-0.2, -0.15) is 0 Å². The molecule has 0 aromatic carbocycles. The van der Waals surface area contributed by atoms with Crippen molar-refractivity contribution >= 4 is 12.0 Å². The topological polar surface area (TPSA) is 29.4 Å². The zero-order valence-corrected chi connectivity index (χ0v) is 6.63. The first-order valence-corrected chi connectivity index (χ1v) is 4.05. The summed E-state index contributed by atoms with van der Waals surface area (Å²) in [5, 5.41) is 0. The Balaban J connectivity index is 2.36. The molecule has 0 saturated heterocycles. The van der Waals surface area contributed by atoms with Gasteiger partial charge in [-0.25, -0.2) is 0 Å². The van der Waals surface area contributed by atoms with Crippen molar-refractivity contribution in [1.82, 2.24) is 0 Å². The van der Waals surface area contributed by atoms with Crippen molar-refractivity contribution < 1.29 is 4.79 Å². The molecule has 1 aliphatic heterocycles. The van der Waals surface area contributed by atoms with Gasteiger partial charge in [-0.15, -0.1) is 0 Å².